The zero-order valence-electron chi connectivity index (χ0n) is 7.24. The lowest BCUT2D eigenvalue weighted by atomic mass is 10.5. The van der Waals surface area contributed by atoms with Crippen LogP contribution in [0.15, 0.2) is 11.1 Å². The van der Waals surface area contributed by atoms with E-state index < -0.39 is 0 Å². The fraction of sp³-hybridized carbons (Fsp3) is 0.286. The van der Waals surface area contributed by atoms with Gasteiger partial charge in [-0.15, -0.1) is 0 Å². The molecule has 0 aliphatic heterocycles. The monoisotopic (exact) mass is 196 g/mol. The van der Waals surface area contributed by atoms with Crippen LogP contribution in [0.25, 0.3) is 11.2 Å². The average molecular weight is 196 g/mol. The Labute approximate surface area is 78.7 Å². The van der Waals surface area contributed by atoms with E-state index in [1.807, 2.05) is 0 Å². The largest absolute Gasteiger partial charge is 0.328 e. The van der Waals surface area contributed by atoms with Crippen LogP contribution in [-0.4, -0.2) is 19.1 Å². The number of rotatable bonds is 0. The van der Waals surface area contributed by atoms with Gasteiger partial charge < -0.3 is 9.13 Å². The predicted octanol–water partition coefficient (Wildman–Crippen LogP) is 0.330. The summed E-state index contributed by atoms with van der Waals surface area (Å²) in [5, 5.41) is 0. The Balaban J connectivity index is 3.18. The molecule has 0 aromatic carbocycles. The first-order chi connectivity index (χ1) is 6.11. The number of aromatic nitrogens is 4. The molecule has 2 rings (SSSR count). The Morgan fingerprint density at radius 1 is 1.54 bits per heavy atom. The Hall–Kier alpha value is -1.43. The van der Waals surface area contributed by atoms with Crippen LogP contribution in [0.1, 0.15) is 0 Å². The van der Waals surface area contributed by atoms with Gasteiger partial charge in [0.05, 0.1) is 6.33 Å². The first-order valence-electron chi connectivity index (χ1n) is 3.71. The molecule has 13 heavy (non-hydrogen) atoms. The third-order valence-electron chi connectivity index (χ3n) is 1.98. The second-order valence-corrected chi connectivity index (χ2v) is 3.23. The summed E-state index contributed by atoms with van der Waals surface area (Å²) < 4.78 is 3.73. The van der Waals surface area contributed by atoms with Gasteiger partial charge in [-0.05, 0) is 12.2 Å². The number of hydrogen-bond acceptors (Lipinski definition) is 3. The molecule has 0 atom stereocenters. The molecule has 0 saturated carbocycles. The minimum Gasteiger partial charge on any atom is -0.328 e. The zero-order chi connectivity index (χ0) is 9.59. The topological polar surface area (TPSA) is 55.6 Å². The Morgan fingerprint density at radius 3 is 2.92 bits per heavy atom. The maximum atomic E-state index is 11.4. The molecule has 2 aromatic rings. The number of aromatic amines is 1. The van der Waals surface area contributed by atoms with Crippen molar-refractivity contribution in [1.82, 2.24) is 19.1 Å². The number of fused-ring (bicyclic) bond motifs is 1. The van der Waals surface area contributed by atoms with Crippen LogP contribution in [0, 0.1) is 4.77 Å². The fourth-order valence-corrected chi connectivity index (χ4v) is 1.44. The second kappa shape index (κ2) is 2.53. The van der Waals surface area contributed by atoms with E-state index in [0.717, 1.165) is 0 Å². The van der Waals surface area contributed by atoms with Crippen LogP contribution in [0.2, 0.25) is 0 Å². The normalized spacial score (nSPS) is 10.9. The number of aryl methyl sites for hydroxylation is 2. The summed E-state index contributed by atoms with van der Waals surface area (Å²) in [6.45, 7) is 0. The third kappa shape index (κ3) is 1.02. The van der Waals surface area contributed by atoms with E-state index in [2.05, 4.69) is 9.97 Å². The van der Waals surface area contributed by atoms with Crippen LogP contribution in [0.5, 0.6) is 0 Å². The molecule has 0 spiro atoms. The lowest BCUT2D eigenvalue weighted by Crippen LogP contribution is -2.14. The van der Waals surface area contributed by atoms with Crippen molar-refractivity contribution in [2.45, 2.75) is 0 Å². The molecule has 0 saturated heterocycles. The van der Waals surface area contributed by atoms with Crippen LogP contribution in [0.4, 0.5) is 0 Å². The first-order valence-corrected chi connectivity index (χ1v) is 4.12. The number of hydrogen-bond donors (Lipinski definition) is 1. The highest BCUT2D eigenvalue weighted by molar-refractivity contribution is 7.71. The smallest absolute Gasteiger partial charge is 0.277 e. The molecule has 1 N–H and O–H groups in total. The van der Waals surface area contributed by atoms with Gasteiger partial charge in [0.15, 0.2) is 15.9 Å². The van der Waals surface area contributed by atoms with Crippen LogP contribution >= 0.6 is 12.2 Å². The Bertz CT molecular complexity index is 576. The van der Waals surface area contributed by atoms with E-state index in [9.17, 15) is 4.79 Å². The van der Waals surface area contributed by atoms with Crippen molar-refractivity contribution >= 4 is 23.4 Å². The van der Waals surface area contributed by atoms with E-state index in [-0.39, 0.29) is 5.56 Å². The van der Waals surface area contributed by atoms with Crippen molar-refractivity contribution in [3.05, 3.63) is 21.5 Å². The third-order valence-corrected chi connectivity index (χ3v) is 2.35. The summed E-state index contributed by atoms with van der Waals surface area (Å²) in [6.07, 6.45) is 1.59. The van der Waals surface area contributed by atoms with E-state index in [4.69, 9.17) is 12.2 Å². The SMILES string of the molecule is Cn1cnc2c1c(=O)[nH]c(=S)n2C. The van der Waals surface area contributed by atoms with Gasteiger partial charge in [0.1, 0.15) is 0 Å². The molecule has 0 unspecified atom stereocenters. The average Bonchev–Trinajstić information content (AvgIpc) is 2.44. The van der Waals surface area contributed by atoms with Crippen molar-refractivity contribution in [2.24, 2.45) is 14.1 Å². The lowest BCUT2D eigenvalue weighted by Gasteiger charge is -1.99. The fourth-order valence-electron chi connectivity index (χ4n) is 1.26. The first kappa shape index (κ1) is 8.18. The minimum atomic E-state index is -0.196. The number of nitrogens with zero attached hydrogens (tertiary/aromatic N) is 3. The van der Waals surface area contributed by atoms with E-state index >= 15 is 0 Å². The maximum absolute atomic E-state index is 11.4. The van der Waals surface area contributed by atoms with Crippen molar-refractivity contribution in [2.75, 3.05) is 0 Å². The van der Waals surface area contributed by atoms with Crippen molar-refractivity contribution in [1.29, 1.82) is 0 Å². The molecular formula is C7H8N4OS. The Kier molecular flexibility index (Phi) is 1.59. The summed E-state index contributed by atoms with van der Waals surface area (Å²) in [7, 11) is 3.54. The number of imidazole rings is 1. The lowest BCUT2D eigenvalue weighted by molar-refractivity contribution is 0.862. The van der Waals surface area contributed by atoms with Gasteiger partial charge in [0, 0.05) is 14.1 Å². The van der Waals surface area contributed by atoms with Crippen molar-refractivity contribution in [3.63, 3.8) is 0 Å². The van der Waals surface area contributed by atoms with Crippen molar-refractivity contribution in [3.8, 4) is 0 Å². The van der Waals surface area contributed by atoms with E-state index in [1.54, 1.807) is 29.6 Å². The minimum absolute atomic E-state index is 0.196. The van der Waals surface area contributed by atoms with Gasteiger partial charge in [-0.3, -0.25) is 9.78 Å². The highest BCUT2D eigenvalue weighted by Gasteiger charge is 2.06. The van der Waals surface area contributed by atoms with Gasteiger partial charge in [-0.2, -0.15) is 0 Å². The predicted molar refractivity (Wildman–Crippen MR) is 51.1 cm³/mol. The van der Waals surface area contributed by atoms with Crippen LogP contribution in [-0.2, 0) is 14.1 Å². The highest BCUT2D eigenvalue weighted by Crippen LogP contribution is 2.04. The van der Waals surface area contributed by atoms with Gasteiger partial charge in [-0.1, -0.05) is 0 Å². The molecule has 2 heterocycles. The zero-order valence-corrected chi connectivity index (χ0v) is 8.05. The molecule has 6 heteroatoms. The van der Waals surface area contributed by atoms with Crippen LogP contribution in [0.3, 0.4) is 0 Å². The quantitative estimate of drug-likeness (QED) is 0.618. The molecule has 0 fully saturated rings. The van der Waals surface area contributed by atoms with Gasteiger partial charge in [-0.25, -0.2) is 4.98 Å². The van der Waals surface area contributed by atoms with E-state index in [1.165, 1.54) is 0 Å². The summed E-state index contributed by atoms with van der Waals surface area (Å²) >= 11 is 4.94. The molecule has 0 aliphatic rings. The molecular weight excluding hydrogens is 188 g/mol. The molecule has 2 aromatic heterocycles. The molecule has 68 valence electrons. The molecule has 0 radical (unpaired) electrons. The number of H-pyrrole nitrogens is 1. The second-order valence-electron chi connectivity index (χ2n) is 2.85. The summed E-state index contributed by atoms with van der Waals surface area (Å²) in [6, 6.07) is 0. The van der Waals surface area contributed by atoms with Crippen molar-refractivity contribution < 1.29 is 0 Å². The van der Waals surface area contributed by atoms with E-state index in [0.29, 0.717) is 15.9 Å². The summed E-state index contributed by atoms with van der Waals surface area (Å²) in [5.41, 5.74) is 0.949. The highest BCUT2D eigenvalue weighted by atomic mass is 32.1. The van der Waals surface area contributed by atoms with Gasteiger partial charge >= 0.3 is 0 Å². The standard InChI is InChI=1S/C7H8N4OS/c1-10-3-8-5-4(10)6(12)9-7(13)11(5)2/h3H,1-2H3,(H,9,12,13). The number of nitrogens with one attached hydrogen (secondary N) is 1. The van der Waals surface area contributed by atoms with Crippen LogP contribution < -0.4 is 5.56 Å². The molecule has 5 nitrogen and oxygen atoms in total. The maximum Gasteiger partial charge on any atom is 0.277 e. The molecule has 0 amide bonds. The van der Waals surface area contributed by atoms with Gasteiger partial charge in [0.25, 0.3) is 5.56 Å². The Morgan fingerprint density at radius 2 is 2.23 bits per heavy atom. The molecule has 0 bridgehead atoms. The molecule has 0 aliphatic carbocycles. The van der Waals surface area contributed by atoms with Gasteiger partial charge in [0.2, 0.25) is 0 Å². The summed E-state index contributed by atoms with van der Waals surface area (Å²) in [5.74, 6) is 0. The summed E-state index contributed by atoms with van der Waals surface area (Å²) in [4.78, 5) is 18.1.